The molecular formula is C17H22N4O2S. The number of methoxy groups -OCH3 is 1. The second-order valence-electron chi connectivity index (χ2n) is 6.06. The third-order valence-corrected chi connectivity index (χ3v) is 4.86. The van der Waals surface area contributed by atoms with Crippen molar-refractivity contribution in [1.82, 2.24) is 19.2 Å². The number of aromatic nitrogens is 3. The van der Waals surface area contributed by atoms with Gasteiger partial charge in [0.25, 0.3) is 0 Å². The Morgan fingerprint density at radius 3 is 2.58 bits per heavy atom. The van der Waals surface area contributed by atoms with Crippen LogP contribution in [-0.2, 0) is 16.2 Å². The van der Waals surface area contributed by atoms with Gasteiger partial charge in [0.1, 0.15) is 5.82 Å². The molecule has 0 spiro atoms. The van der Waals surface area contributed by atoms with E-state index in [-0.39, 0.29) is 11.9 Å². The number of para-hydroxylation sites is 1. The fourth-order valence-electron chi connectivity index (χ4n) is 3.15. The topological polar surface area (TPSA) is 52.3 Å². The Labute approximate surface area is 146 Å². The Kier molecular flexibility index (Phi) is 5.11. The lowest BCUT2D eigenvalue weighted by molar-refractivity contribution is -0.147. The lowest BCUT2D eigenvalue weighted by Crippen LogP contribution is -2.38. The molecule has 1 aliphatic rings. The molecule has 1 saturated heterocycles. The molecule has 0 bridgehead atoms. The molecule has 0 saturated carbocycles. The molecule has 0 amide bonds. The minimum absolute atomic E-state index is 0.0165. The molecule has 7 heteroatoms. The van der Waals surface area contributed by atoms with E-state index in [0.29, 0.717) is 11.4 Å². The summed E-state index contributed by atoms with van der Waals surface area (Å²) in [5.74, 6) is 0.786. The van der Waals surface area contributed by atoms with Crippen LogP contribution in [0.15, 0.2) is 30.3 Å². The summed E-state index contributed by atoms with van der Waals surface area (Å²) in [7, 11) is 1.45. The van der Waals surface area contributed by atoms with E-state index in [2.05, 4.69) is 10.00 Å². The summed E-state index contributed by atoms with van der Waals surface area (Å²) in [6.45, 7) is 4.30. The van der Waals surface area contributed by atoms with Gasteiger partial charge in [-0.2, -0.15) is 5.10 Å². The molecule has 1 fully saturated rings. The van der Waals surface area contributed by atoms with Gasteiger partial charge in [-0.25, -0.2) is 4.68 Å². The van der Waals surface area contributed by atoms with E-state index in [1.807, 2.05) is 46.5 Å². The van der Waals surface area contributed by atoms with Crippen LogP contribution in [0.3, 0.4) is 0 Å². The molecule has 3 rings (SSSR count). The van der Waals surface area contributed by atoms with E-state index in [0.717, 1.165) is 37.4 Å². The van der Waals surface area contributed by atoms with Gasteiger partial charge in [0, 0.05) is 18.8 Å². The zero-order chi connectivity index (χ0) is 17.1. The molecule has 0 radical (unpaired) electrons. The van der Waals surface area contributed by atoms with Gasteiger partial charge < -0.3 is 4.74 Å². The molecule has 0 aliphatic carbocycles. The number of rotatable bonds is 4. The van der Waals surface area contributed by atoms with E-state index in [4.69, 9.17) is 17.0 Å². The number of hydrogen-bond acceptors (Lipinski definition) is 5. The van der Waals surface area contributed by atoms with Gasteiger partial charge in [0.15, 0.2) is 0 Å². The quantitative estimate of drug-likeness (QED) is 0.629. The van der Waals surface area contributed by atoms with E-state index >= 15 is 0 Å². The summed E-state index contributed by atoms with van der Waals surface area (Å²) >= 11 is 5.61. The summed E-state index contributed by atoms with van der Waals surface area (Å²) < 4.78 is 9.36. The first-order chi connectivity index (χ1) is 11.6. The molecule has 1 aromatic carbocycles. The van der Waals surface area contributed by atoms with Crippen molar-refractivity contribution in [2.45, 2.75) is 26.4 Å². The van der Waals surface area contributed by atoms with Gasteiger partial charge in [-0.1, -0.05) is 18.2 Å². The summed E-state index contributed by atoms with van der Waals surface area (Å²) in [4.78, 5) is 13.9. The van der Waals surface area contributed by atoms with Crippen molar-refractivity contribution in [3.63, 3.8) is 0 Å². The normalized spacial score (nSPS) is 16.2. The van der Waals surface area contributed by atoms with Gasteiger partial charge in [0.2, 0.25) is 4.77 Å². The van der Waals surface area contributed by atoms with Crippen LogP contribution in [0.4, 0.5) is 0 Å². The first-order valence-electron chi connectivity index (χ1n) is 8.12. The largest absolute Gasteiger partial charge is 0.469 e. The first-order valence-corrected chi connectivity index (χ1v) is 8.53. The maximum Gasteiger partial charge on any atom is 0.308 e. The third kappa shape index (κ3) is 3.42. The highest BCUT2D eigenvalue weighted by atomic mass is 32.1. The molecule has 0 unspecified atom stereocenters. The van der Waals surface area contributed by atoms with Gasteiger partial charge in [-0.3, -0.25) is 14.3 Å². The van der Waals surface area contributed by atoms with Crippen LogP contribution in [0.5, 0.6) is 0 Å². The molecule has 1 aliphatic heterocycles. The second kappa shape index (κ2) is 7.27. The van der Waals surface area contributed by atoms with Crippen molar-refractivity contribution in [2.75, 3.05) is 20.2 Å². The molecule has 0 atom stereocenters. The van der Waals surface area contributed by atoms with Crippen molar-refractivity contribution in [3.05, 3.63) is 40.9 Å². The Morgan fingerprint density at radius 1 is 1.29 bits per heavy atom. The SMILES string of the molecule is COC(=O)C1CCN(Cn2nc(C)n(-c3ccccc3)c2=S)CC1. The molecule has 0 N–H and O–H groups in total. The van der Waals surface area contributed by atoms with E-state index in [1.165, 1.54) is 7.11 Å². The van der Waals surface area contributed by atoms with Gasteiger partial charge in [-0.05, 0) is 44.1 Å². The van der Waals surface area contributed by atoms with Crippen LogP contribution < -0.4 is 0 Å². The number of ether oxygens (including phenoxy) is 1. The summed E-state index contributed by atoms with van der Waals surface area (Å²) in [6, 6.07) is 10.0. The van der Waals surface area contributed by atoms with Crippen LogP contribution in [-0.4, -0.2) is 45.4 Å². The first kappa shape index (κ1) is 16.9. The van der Waals surface area contributed by atoms with Crippen molar-refractivity contribution in [2.24, 2.45) is 5.92 Å². The predicted molar refractivity (Wildman–Crippen MR) is 93.4 cm³/mol. The standard InChI is InChI=1S/C17H22N4O2S/c1-13-18-20(17(24)21(13)15-6-4-3-5-7-15)12-19-10-8-14(9-11-19)16(22)23-2/h3-7,14H,8-12H2,1-2H3. The summed E-state index contributed by atoms with van der Waals surface area (Å²) in [5, 5.41) is 4.59. The number of benzene rings is 1. The molecule has 2 aromatic rings. The van der Waals surface area contributed by atoms with Gasteiger partial charge in [-0.15, -0.1) is 0 Å². The molecule has 2 heterocycles. The monoisotopic (exact) mass is 346 g/mol. The highest BCUT2D eigenvalue weighted by Crippen LogP contribution is 2.19. The average molecular weight is 346 g/mol. The number of nitrogens with zero attached hydrogens (tertiary/aromatic N) is 4. The summed E-state index contributed by atoms with van der Waals surface area (Å²) in [5.41, 5.74) is 1.02. The number of piperidine rings is 1. The maximum absolute atomic E-state index is 11.6. The van der Waals surface area contributed by atoms with Crippen LogP contribution >= 0.6 is 12.2 Å². The molecule has 1 aromatic heterocycles. The Hall–Kier alpha value is -1.99. The second-order valence-corrected chi connectivity index (χ2v) is 6.42. The number of carbonyl (C=O) groups is 1. The predicted octanol–water partition coefficient (Wildman–Crippen LogP) is 2.55. The number of esters is 1. The maximum atomic E-state index is 11.6. The number of carbonyl (C=O) groups excluding carboxylic acids is 1. The highest BCUT2D eigenvalue weighted by Gasteiger charge is 2.26. The Bertz CT molecular complexity index is 761. The molecule has 6 nitrogen and oxygen atoms in total. The van der Waals surface area contributed by atoms with Crippen molar-refractivity contribution >= 4 is 18.2 Å². The fourth-order valence-corrected chi connectivity index (χ4v) is 3.48. The van der Waals surface area contributed by atoms with Crippen LogP contribution in [0.25, 0.3) is 5.69 Å². The summed E-state index contributed by atoms with van der Waals surface area (Å²) in [6.07, 6.45) is 1.64. The fraction of sp³-hybridized carbons (Fsp3) is 0.471. The van der Waals surface area contributed by atoms with Crippen LogP contribution in [0.2, 0.25) is 0 Å². The highest BCUT2D eigenvalue weighted by molar-refractivity contribution is 7.71. The van der Waals surface area contributed by atoms with Crippen LogP contribution in [0, 0.1) is 17.6 Å². The average Bonchev–Trinajstić information content (AvgIpc) is 2.89. The molecular weight excluding hydrogens is 324 g/mol. The van der Waals surface area contributed by atoms with E-state index < -0.39 is 0 Å². The molecule has 128 valence electrons. The van der Waals surface area contributed by atoms with E-state index in [9.17, 15) is 4.79 Å². The smallest absolute Gasteiger partial charge is 0.308 e. The molecule has 24 heavy (non-hydrogen) atoms. The minimum atomic E-state index is -0.101. The van der Waals surface area contributed by atoms with Crippen molar-refractivity contribution in [3.8, 4) is 5.69 Å². The van der Waals surface area contributed by atoms with Gasteiger partial charge in [0.05, 0.1) is 19.7 Å². The Morgan fingerprint density at radius 2 is 1.96 bits per heavy atom. The van der Waals surface area contributed by atoms with Crippen LogP contribution in [0.1, 0.15) is 18.7 Å². The lowest BCUT2D eigenvalue weighted by atomic mass is 9.97. The lowest BCUT2D eigenvalue weighted by Gasteiger charge is -2.30. The number of likely N-dealkylation sites (tertiary alicyclic amines) is 1. The minimum Gasteiger partial charge on any atom is -0.469 e. The van der Waals surface area contributed by atoms with E-state index in [1.54, 1.807) is 0 Å². The zero-order valence-corrected chi connectivity index (χ0v) is 14.8. The number of hydrogen-bond donors (Lipinski definition) is 0. The van der Waals surface area contributed by atoms with Gasteiger partial charge >= 0.3 is 5.97 Å². The number of aryl methyl sites for hydroxylation is 1. The van der Waals surface area contributed by atoms with Crippen molar-refractivity contribution < 1.29 is 9.53 Å². The van der Waals surface area contributed by atoms with Crippen molar-refractivity contribution in [1.29, 1.82) is 0 Å². The zero-order valence-electron chi connectivity index (χ0n) is 14.0. The Balaban J connectivity index is 1.72. The third-order valence-electron chi connectivity index (χ3n) is 4.47.